The van der Waals surface area contributed by atoms with Gasteiger partial charge in [-0.1, -0.05) is 0 Å². The summed E-state index contributed by atoms with van der Waals surface area (Å²) in [6.45, 7) is 0.898. The smallest absolute Gasteiger partial charge is 0.0517 e. The fourth-order valence-electron chi connectivity index (χ4n) is 2.08. The Morgan fingerprint density at radius 1 is 1.50 bits per heavy atom. The zero-order chi connectivity index (χ0) is 9.54. The molecule has 0 radical (unpaired) electrons. The summed E-state index contributed by atoms with van der Waals surface area (Å²) in [6, 6.07) is 2.06. The van der Waals surface area contributed by atoms with Gasteiger partial charge in [0.1, 0.15) is 0 Å². The van der Waals surface area contributed by atoms with Crippen molar-refractivity contribution >= 4 is 17.0 Å². The minimum absolute atomic E-state index is 0.898. The van der Waals surface area contributed by atoms with Crippen molar-refractivity contribution in [3.63, 3.8) is 0 Å². The second-order valence-electron chi connectivity index (χ2n) is 3.53. The SMILES string of the molecule is Cn1c2c(c3cnccc31)CNC=C2. The lowest BCUT2D eigenvalue weighted by Crippen LogP contribution is -2.10. The number of hydrogen-bond donors (Lipinski definition) is 1. The number of fused-ring (bicyclic) bond motifs is 3. The number of pyridine rings is 1. The normalized spacial score (nSPS) is 14.1. The molecule has 0 amide bonds. The fraction of sp³-hybridized carbons (Fsp3) is 0.182. The van der Waals surface area contributed by atoms with Crippen molar-refractivity contribution in [3.05, 3.63) is 35.9 Å². The number of aromatic nitrogens is 2. The first kappa shape index (κ1) is 7.62. The first-order chi connectivity index (χ1) is 6.88. The van der Waals surface area contributed by atoms with Crippen LogP contribution in [0.3, 0.4) is 0 Å². The fourth-order valence-corrected chi connectivity index (χ4v) is 2.08. The molecule has 3 heteroatoms. The standard InChI is InChI=1S/C11H11N3/c1-14-10-2-4-12-6-8(10)9-7-13-5-3-11(9)14/h2-6,13H,7H2,1H3. The second kappa shape index (κ2) is 2.61. The van der Waals surface area contributed by atoms with E-state index in [-0.39, 0.29) is 0 Å². The van der Waals surface area contributed by atoms with Crippen molar-refractivity contribution in [3.8, 4) is 0 Å². The van der Waals surface area contributed by atoms with Crippen LogP contribution in [-0.4, -0.2) is 9.55 Å². The molecule has 2 aromatic rings. The van der Waals surface area contributed by atoms with Crippen LogP contribution < -0.4 is 5.32 Å². The van der Waals surface area contributed by atoms with E-state index in [1.807, 2.05) is 18.6 Å². The van der Waals surface area contributed by atoms with Crippen LogP contribution in [0.1, 0.15) is 11.3 Å². The van der Waals surface area contributed by atoms with Crippen LogP contribution in [-0.2, 0) is 13.6 Å². The number of aryl methyl sites for hydroxylation is 1. The van der Waals surface area contributed by atoms with E-state index in [1.165, 1.54) is 22.2 Å². The highest BCUT2D eigenvalue weighted by atomic mass is 15.0. The van der Waals surface area contributed by atoms with E-state index in [0.29, 0.717) is 0 Å². The highest BCUT2D eigenvalue weighted by Gasteiger charge is 2.14. The van der Waals surface area contributed by atoms with Crippen LogP contribution in [0.5, 0.6) is 0 Å². The minimum Gasteiger partial charge on any atom is -0.387 e. The number of nitrogens with one attached hydrogen (secondary N) is 1. The summed E-state index contributed by atoms with van der Waals surface area (Å²) in [4.78, 5) is 4.17. The van der Waals surface area contributed by atoms with Gasteiger partial charge in [0.2, 0.25) is 0 Å². The lowest BCUT2D eigenvalue weighted by Gasteiger charge is -2.08. The van der Waals surface area contributed by atoms with Crippen LogP contribution in [0.15, 0.2) is 24.7 Å². The second-order valence-corrected chi connectivity index (χ2v) is 3.53. The Labute approximate surface area is 82.1 Å². The molecule has 0 saturated heterocycles. The van der Waals surface area contributed by atoms with Crippen LogP contribution in [0.25, 0.3) is 17.0 Å². The summed E-state index contributed by atoms with van der Waals surface area (Å²) < 4.78 is 2.21. The molecule has 0 fully saturated rings. The molecule has 3 heterocycles. The molecule has 0 unspecified atom stereocenters. The van der Waals surface area contributed by atoms with E-state index in [4.69, 9.17) is 0 Å². The van der Waals surface area contributed by atoms with Crippen LogP contribution >= 0.6 is 0 Å². The van der Waals surface area contributed by atoms with Gasteiger partial charge in [0.15, 0.2) is 0 Å². The summed E-state index contributed by atoms with van der Waals surface area (Å²) in [5, 5.41) is 4.48. The molecule has 14 heavy (non-hydrogen) atoms. The van der Waals surface area contributed by atoms with Gasteiger partial charge in [0, 0.05) is 42.6 Å². The Kier molecular flexibility index (Phi) is 1.42. The number of rotatable bonds is 0. The predicted molar refractivity (Wildman–Crippen MR) is 56.6 cm³/mol. The first-order valence-corrected chi connectivity index (χ1v) is 4.69. The molecule has 70 valence electrons. The molecule has 0 aromatic carbocycles. The summed E-state index contributed by atoms with van der Waals surface area (Å²) in [5.74, 6) is 0. The van der Waals surface area contributed by atoms with Crippen molar-refractivity contribution in [1.82, 2.24) is 14.9 Å². The van der Waals surface area contributed by atoms with Gasteiger partial charge in [0.05, 0.1) is 5.52 Å². The first-order valence-electron chi connectivity index (χ1n) is 4.69. The quantitative estimate of drug-likeness (QED) is 0.676. The Hall–Kier alpha value is -1.77. The Morgan fingerprint density at radius 2 is 2.43 bits per heavy atom. The van der Waals surface area contributed by atoms with E-state index >= 15 is 0 Å². The average molecular weight is 185 g/mol. The zero-order valence-corrected chi connectivity index (χ0v) is 7.99. The summed E-state index contributed by atoms with van der Waals surface area (Å²) in [6.07, 6.45) is 7.88. The zero-order valence-electron chi connectivity index (χ0n) is 7.99. The van der Waals surface area contributed by atoms with E-state index in [2.05, 4.69) is 34.1 Å². The molecule has 0 aliphatic carbocycles. The lowest BCUT2D eigenvalue weighted by atomic mass is 10.1. The van der Waals surface area contributed by atoms with E-state index < -0.39 is 0 Å². The molecule has 0 atom stereocenters. The number of nitrogens with zero attached hydrogens (tertiary/aromatic N) is 2. The van der Waals surface area contributed by atoms with E-state index in [0.717, 1.165) is 6.54 Å². The van der Waals surface area contributed by atoms with Gasteiger partial charge in [-0.15, -0.1) is 0 Å². The van der Waals surface area contributed by atoms with Gasteiger partial charge >= 0.3 is 0 Å². The van der Waals surface area contributed by atoms with Gasteiger partial charge in [-0.2, -0.15) is 0 Å². The molecule has 3 nitrogen and oxygen atoms in total. The monoisotopic (exact) mass is 185 g/mol. The highest BCUT2D eigenvalue weighted by molar-refractivity contribution is 5.87. The molecule has 2 aromatic heterocycles. The van der Waals surface area contributed by atoms with Gasteiger partial charge in [-0.05, 0) is 18.3 Å². The molecule has 1 N–H and O–H groups in total. The van der Waals surface area contributed by atoms with E-state index in [1.54, 1.807) is 0 Å². The van der Waals surface area contributed by atoms with Gasteiger partial charge in [-0.3, -0.25) is 4.98 Å². The number of hydrogen-bond acceptors (Lipinski definition) is 2. The molecule has 1 aliphatic rings. The molecule has 3 rings (SSSR count). The Bertz CT molecular complexity index is 523. The van der Waals surface area contributed by atoms with Crippen molar-refractivity contribution in [1.29, 1.82) is 0 Å². The van der Waals surface area contributed by atoms with Crippen molar-refractivity contribution < 1.29 is 0 Å². The largest absolute Gasteiger partial charge is 0.387 e. The maximum atomic E-state index is 4.17. The Morgan fingerprint density at radius 3 is 3.36 bits per heavy atom. The molecular formula is C11H11N3. The minimum atomic E-state index is 0.898. The third-order valence-corrected chi connectivity index (χ3v) is 2.79. The van der Waals surface area contributed by atoms with Crippen molar-refractivity contribution in [2.24, 2.45) is 7.05 Å². The summed E-state index contributed by atoms with van der Waals surface area (Å²) >= 11 is 0. The molecule has 1 aliphatic heterocycles. The average Bonchev–Trinajstić information content (AvgIpc) is 2.55. The highest BCUT2D eigenvalue weighted by Crippen LogP contribution is 2.26. The van der Waals surface area contributed by atoms with Crippen LogP contribution in [0.2, 0.25) is 0 Å². The third-order valence-electron chi connectivity index (χ3n) is 2.79. The molecule has 0 saturated carbocycles. The lowest BCUT2D eigenvalue weighted by molar-refractivity contribution is 0.839. The maximum Gasteiger partial charge on any atom is 0.0517 e. The van der Waals surface area contributed by atoms with Crippen molar-refractivity contribution in [2.75, 3.05) is 0 Å². The van der Waals surface area contributed by atoms with Crippen LogP contribution in [0.4, 0.5) is 0 Å². The Balaban J connectivity index is 2.48. The molecule has 0 bridgehead atoms. The predicted octanol–water partition coefficient (Wildman–Crippen LogP) is 1.65. The summed E-state index contributed by atoms with van der Waals surface area (Å²) in [5.41, 5.74) is 3.88. The maximum absolute atomic E-state index is 4.17. The van der Waals surface area contributed by atoms with E-state index in [9.17, 15) is 0 Å². The summed E-state index contributed by atoms with van der Waals surface area (Å²) in [7, 11) is 2.09. The third kappa shape index (κ3) is 0.839. The van der Waals surface area contributed by atoms with Gasteiger partial charge < -0.3 is 9.88 Å². The molecule has 0 spiro atoms. The van der Waals surface area contributed by atoms with Crippen LogP contribution in [0, 0.1) is 0 Å². The van der Waals surface area contributed by atoms with Gasteiger partial charge in [-0.25, -0.2) is 0 Å². The van der Waals surface area contributed by atoms with Gasteiger partial charge in [0.25, 0.3) is 0 Å². The van der Waals surface area contributed by atoms with Crippen molar-refractivity contribution in [2.45, 2.75) is 6.54 Å². The topological polar surface area (TPSA) is 29.9 Å². The molecular weight excluding hydrogens is 174 g/mol.